The van der Waals surface area contributed by atoms with Crippen molar-refractivity contribution in [3.05, 3.63) is 16.7 Å². The number of likely N-dealkylation sites (N-methyl/N-ethyl adjacent to an activating group) is 1. The van der Waals surface area contributed by atoms with E-state index in [4.69, 9.17) is 11.6 Å². The Hall–Kier alpha value is -0.580. The fourth-order valence-electron chi connectivity index (χ4n) is 3.16. The summed E-state index contributed by atoms with van der Waals surface area (Å²) in [6.45, 7) is 6.41. The Kier molecular flexibility index (Phi) is 3.34. The fourth-order valence-corrected chi connectivity index (χ4v) is 3.43. The van der Waals surface area contributed by atoms with Gasteiger partial charge in [-0.25, -0.2) is 4.98 Å². The van der Waals surface area contributed by atoms with Gasteiger partial charge in [0.2, 0.25) is 0 Å². The van der Waals surface area contributed by atoms with Crippen molar-refractivity contribution in [2.45, 2.75) is 44.8 Å². The van der Waals surface area contributed by atoms with Crippen LogP contribution in [-0.4, -0.2) is 45.3 Å². The molecule has 3 heterocycles. The van der Waals surface area contributed by atoms with Crippen LogP contribution in [0.3, 0.4) is 0 Å². The Balaban J connectivity index is 1.87. The zero-order chi connectivity index (χ0) is 12.7. The summed E-state index contributed by atoms with van der Waals surface area (Å²) in [4.78, 5) is 7.02. The first-order chi connectivity index (χ1) is 8.69. The number of halogens is 1. The van der Waals surface area contributed by atoms with Crippen molar-refractivity contribution in [1.82, 2.24) is 14.5 Å². The van der Waals surface area contributed by atoms with Gasteiger partial charge in [0.05, 0.1) is 11.8 Å². The van der Waals surface area contributed by atoms with Crippen LogP contribution < -0.4 is 0 Å². The molecule has 18 heavy (non-hydrogen) atoms. The highest BCUT2D eigenvalue weighted by atomic mass is 35.5. The molecule has 1 aromatic rings. The summed E-state index contributed by atoms with van der Waals surface area (Å²) >= 11 is 6.22. The van der Waals surface area contributed by atoms with Crippen molar-refractivity contribution in [2.75, 3.05) is 19.6 Å². The van der Waals surface area contributed by atoms with E-state index in [0.717, 1.165) is 44.1 Å². The molecule has 100 valence electrons. The number of aromatic nitrogens is 2. The van der Waals surface area contributed by atoms with Crippen molar-refractivity contribution >= 4 is 11.6 Å². The van der Waals surface area contributed by atoms with Gasteiger partial charge in [0, 0.05) is 25.4 Å². The van der Waals surface area contributed by atoms with Crippen molar-refractivity contribution in [1.29, 1.82) is 0 Å². The highest BCUT2D eigenvalue weighted by Crippen LogP contribution is 2.32. The molecule has 1 N–H and O–H groups in total. The second-order valence-electron chi connectivity index (χ2n) is 5.38. The van der Waals surface area contributed by atoms with Gasteiger partial charge in [-0.3, -0.25) is 0 Å². The van der Waals surface area contributed by atoms with E-state index < -0.39 is 0 Å². The molecular weight excluding hydrogens is 250 g/mol. The van der Waals surface area contributed by atoms with Crippen LogP contribution in [0.4, 0.5) is 0 Å². The Morgan fingerprint density at radius 3 is 2.94 bits per heavy atom. The van der Waals surface area contributed by atoms with Crippen LogP contribution in [0.5, 0.6) is 0 Å². The zero-order valence-corrected chi connectivity index (χ0v) is 11.5. The number of nitrogens with zero attached hydrogens (tertiary/aromatic N) is 3. The predicted octanol–water partition coefficient (Wildman–Crippen LogP) is 1.65. The number of hydrogen-bond donors (Lipinski definition) is 1. The molecule has 0 spiro atoms. The fraction of sp³-hybridized carbons (Fsp3) is 0.769. The van der Waals surface area contributed by atoms with Crippen molar-refractivity contribution < 1.29 is 5.11 Å². The van der Waals surface area contributed by atoms with Crippen LogP contribution in [0.1, 0.15) is 37.2 Å². The SMILES string of the molecule is CCN1CCC(c2nc(Cl)c3n2CCC(O)C3)C1. The van der Waals surface area contributed by atoms with E-state index in [9.17, 15) is 5.11 Å². The van der Waals surface area contributed by atoms with Crippen LogP contribution in [0, 0.1) is 0 Å². The third-order valence-electron chi connectivity index (χ3n) is 4.25. The Morgan fingerprint density at radius 2 is 2.22 bits per heavy atom. The van der Waals surface area contributed by atoms with Gasteiger partial charge in [0.15, 0.2) is 5.15 Å². The average molecular weight is 270 g/mol. The van der Waals surface area contributed by atoms with Crippen LogP contribution in [0.2, 0.25) is 5.15 Å². The van der Waals surface area contributed by atoms with E-state index in [1.165, 1.54) is 6.42 Å². The summed E-state index contributed by atoms with van der Waals surface area (Å²) < 4.78 is 2.25. The number of likely N-dealkylation sites (tertiary alicyclic amines) is 1. The Bertz CT molecular complexity index is 446. The highest BCUT2D eigenvalue weighted by Gasteiger charge is 2.31. The summed E-state index contributed by atoms with van der Waals surface area (Å²) in [6.07, 6.45) is 2.38. The number of hydrogen-bond acceptors (Lipinski definition) is 3. The quantitative estimate of drug-likeness (QED) is 0.888. The molecule has 0 amide bonds. The van der Waals surface area contributed by atoms with E-state index in [-0.39, 0.29) is 6.10 Å². The van der Waals surface area contributed by atoms with Gasteiger partial charge in [0.1, 0.15) is 5.82 Å². The molecule has 0 saturated carbocycles. The van der Waals surface area contributed by atoms with Gasteiger partial charge in [-0.15, -0.1) is 0 Å². The van der Waals surface area contributed by atoms with Crippen LogP contribution >= 0.6 is 11.6 Å². The van der Waals surface area contributed by atoms with E-state index >= 15 is 0 Å². The van der Waals surface area contributed by atoms with Gasteiger partial charge in [-0.1, -0.05) is 18.5 Å². The molecule has 2 aliphatic heterocycles. The first-order valence-electron chi connectivity index (χ1n) is 6.84. The molecule has 0 bridgehead atoms. The van der Waals surface area contributed by atoms with Crippen LogP contribution in [0.25, 0.3) is 0 Å². The maximum absolute atomic E-state index is 9.73. The lowest BCUT2D eigenvalue weighted by Crippen LogP contribution is -2.25. The van der Waals surface area contributed by atoms with Crippen LogP contribution in [0.15, 0.2) is 0 Å². The molecule has 5 heteroatoms. The maximum Gasteiger partial charge on any atom is 0.150 e. The second kappa shape index (κ2) is 4.83. The average Bonchev–Trinajstić information content (AvgIpc) is 2.95. The van der Waals surface area contributed by atoms with Crippen LogP contribution in [-0.2, 0) is 13.0 Å². The first-order valence-corrected chi connectivity index (χ1v) is 7.22. The maximum atomic E-state index is 9.73. The summed E-state index contributed by atoms with van der Waals surface area (Å²) in [5.41, 5.74) is 1.03. The number of aliphatic hydroxyl groups excluding tert-OH is 1. The van der Waals surface area contributed by atoms with Gasteiger partial charge in [-0.05, 0) is 25.9 Å². The van der Waals surface area contributed by atoms with E-state index in [1.54, 1.807) is 0 Å². The number of imidazole rings is 1. The second-order valence-corrected chi connectivity index (χ2v) is 5.74. The van der Waals surface area contributed by atoms with Gasteiger partial charge < -0.3 is 14.6 Å². The molecule has 1 saturated heterocycles. The van der Waals surface area contributed by atoms with Crippen molar-refractivity contribution in [2.24, 2.45) is 0 Å². The normalized spacial score (nSPS) is 28.6. The first kappa shape index (κ1) is 12.5. The lowest BCUT2D eigenvalue weighted by molar-refractivity contribution is 0.142. The molecule has 3 rings (SSSR count). The monoisotopic (exact) mass is 269 g/mol. The third kappa shape index (κ3) is 2.06. The van der Waals surface area contributed by atoms with E-state index in [1.807, 2.05) is 0 Å². The summed E-state index contributed by atoms with van der Waals surface area (Å²) in [6, 6.07) is 0. The van der Waals surface area contributed by atoms with E-state index in [0.29, 0.717) is 17.5 Å². The van der Waals surface area contributed by atoms with Gasteiger partial charge in [0.25, 0.3) is 0 Å². The van der Waals surface area contributed by atoms with E-state index in [2.05, 4.69) is 21.4 Å². The predicted molar refractivity (Wildman–Crippen MR) is 71.0 cm³/mol. The minimum absolute atomic E-state index is 0.254. The zero-order valence-electron chi connectivity index (χ0n) is 10.8. The molecule has 1 aromatic heterocycles. The largest absolute Gasteiger partial charge is 0.393 e. The summed E-state index contributed by atoms with van der Waals surface area (Å²) in [5, 5.41) is 10.3. The van der Waals surface area contributed by atoms with Gasteiger partial charge >= 0.3 is 0 Å². The van der Waals surface area contributed by atoms with Crippen molar-refractivity contribution in [3.8, 4) is 0 Å². The topological polar surface area (TPSA) is 41.3 Å². The van der Waals surface area contributed by atoms with Crippen molar-refractivity contribution in [3.63, 3.8) is 0 Å². The minimum atomic E-state index is -0.254. The Morgan fingerprint density at radius 1 is 1.39 bits per heavy atom. The highest BCUT2D eigenvalue weighted by molar-refractivity contribution is 6.30. The lowest BCUT2D eigenvalue weighted by atomic mass is 10.1. The molecule has 2 aliphatic rings. The van der Waals surface area contributed by atoms with Gasteiger partial charge in [-0.2, -0.15) is 0 Å². The molecule has 2 atom stereocenters. The molecule has 2 unspecified atom stereocenters. The number of aliphatic hydroxyl groups is 1. The molecule has 1 fully saturated rings. The standard InChI is InChI=1S/C13H20ClN3O/c1-2-16-5-3-9(8-16)13-15-12(14)11-7-10(18)4-6-17(11)13/h9-10,18H,2-8H2,1H3. The molecule has 0 aromatic carbocycles. The molecular formula is C13H20ClN3O. The summed E-state index contributed by atoms with van der Waals surface area (Å²) in [5.74, 6) is 1.64. The lowest BCUT2D eigenvalue weighted by Gasteiger charge is -2.23. The molecule has 0 radical (unpaired) electrons. The smallest absolute Gasteiger partial charge is 0.150 e. The Labute approximate surface area is 113 Å². The molecule has 0 aliphatic carbocycles. The third-order valence-corrected chi connectivity index (χ3v) is 4.56. The minimum Gasteiger partial charge on any atom is -0.393 e. The summed E-state index contributed by atoms with van der Waals surface area (Å²) in [7, 11) is 0. The number of fused-ring (bicyclic) bond motifs is 1. The number of rotatable bonds is 2. The molecule has 4 nitrogen and oxygen atoms in total.